The molecule has 0 spiro atoms. The summed E-state index contributed by atoms with van der Waals surface area (Å²) in [5, 5.41) is 2.44. The van der Waals surface area contributed by atoms with E-state index in [-0.39, 0.29) is 48.1 Å². The Morgan fingerprint density at radius 3 is 2.37 bits per heavy atom. The third-order valence-corrected chi connectivity index (χ3v) is 4.56. The van der Waals surface area contributed by atoms with Gasteiger partial charge in [-0.3, -0.25) is 14.9 Å². The number of carbonyl (C=O) groups excluding carboxylic acids is 3. The number of amides is 2. The molecular formula is C18H21Cl3N2O7. The van der Waals surface area contributed by atoms with E-state index in [1.165, 1.54) is 38.4 Å². The lowest BCUT2D eigenvalue weighted by atomic mass is 10.1. The van der Waals surface area contributed by atoms with Crippen molar-refractivity contribution in [3.8, 4) is 11.5 Å². The average Bonchev–Trinajstić information content (AvgIpc) is 3.05. The standard InChI is InChI=1S/C18H21Cl3N2O7/c1-27-8-10-4-11(24)7-23(10)16(25)12-5-14(28-2)15(29-3)6-13(12)22-17(26)30-9-18(19,20)21/h5-6,10H,4,7-9H2,1-3H3,(H,22,26)/t10-/m0/s1. The highest BCUT2D eigenvalue weighted by Crippen LogP contribution is 2.35. The van der Waals surface area contributed by atoms with E-state index >= 15 is 0 Å². The largest absolute Gasteiger partial charge is 0.493 e. The monoisotopic (exact) mass is 482 g/mol. The van der Waals surface area contributed by atoms with Crippen LogP contribution in [-0.4, -0.2) is 73.6 Å². The van der Waals surface area contributed by atoms with E-state index in [2.05, 4.69) is 5.32 Å². The molecule has 1 aliphatic heterocycles. The SMILES string of the molecule is COC[C@@H]1CC(=O)CN1C(=O)c1cc(OC)c(OC)cc1NC(=O)OCC(Cl)(Cl)Cl. The highest BCUT2D eigenvalue weighted by Gasteiger charge is 2.36. The molecule has 12 heteroatoms. The number of Topliss-reactive ketones (excluding diaryl/α,β-unsaturated/α-hetero) is 1. The van der Waals surface area contributed by atoms with Crippen LogP contribution >= 0.6 is 34.8 Å². The fourth-order valence-corrected chi connectivity index (χ4v) is 3.11. The van der Waals surface area contributed by atoms with Gasteiger partial charge in [0, 0.05) is 19.6 Å². The van der Waals surface area contributed by atoms with Crippen LogP contribution in [0.5, 0.6) is 11.5 Å². The van der Waals surface area contributed by atoms with E-state index in [0.29, 0.717) is 0 Å². The van der Waals surface area contributed by atoms with Gasteiger partial charge in [-0.2, -0.15) is 0 Å². The number of carbonyl (C=O) groups is 3. The summed E-state index contributed by atoms with van der Waals surface area (Å²) in [5.74, 6) is -0.0745. The minimum Gasteiger partial charge on any atom is -0.493 e. The Bertz CT molecular complexity index is 814. The van der Waals surface area contributed by atoms with Crippen molar-refractivity contribution >= 4 is 58.3 Å². The van der Waals surface area contributed by atoms with Gasteiger partial charge in [-0.05, 0) is 6.07 Å². The molecule has 1 heterocycles. The van der Waals surface area contributed by atoms with Gasteiger partial charge in [0.15, 0.2) is 17.3 Å². The van der Waals surface area contributed by atoms with Crippen LogP contribution < -0.4 is 14.8 Å². The number of methoxy groups -OCH3 is 3. The molecule has 0 saturated carbocycles. The molecule has 0 aromatic heterocycles. The quantitative estimate of drug-likeness (QED) is 0.595. The average molecular weight is 484 g/mol. The van der Waals surface area contributed by atoms with Crippen molar-refractivity contribution in [3.05, 3.63) is 17.7 Å². The topological polar surface area (TPSA) is 103 Å². The number of nitrogens with one attached hydrogen (secondary N) is 1. The maximum atomic E-state index is 13.2. The Hall–Kier alpha value is -1.94. The van der Waals surface area contributed by atoms with Gasteiger partial charge in [-0.25, -0.2) is 4.79 Å². The predicted molar refractivity (Wildman–Crippen MR) is 111 cm³/mol. The maximum Gasteiger partial charge on any atom is 0.411 e. The van der Waals surface area contributed by atoms with Crippen molar-refractivity contribution in [2.24, 2.45) is 0 Å². The second-order valence-electron chi connectivity index (χ2n) is 6.35. The van der Waals surface area contributed by atoms with Crippen molar-refractivity contribution in [3.63, 3.8) is 0 Å². The molecule has 1 aliphatic rings. The molecule has 2 rings (SSSR count). The number of hydrogen-bond donors (Lipinski definition) is 1. The van der Waals surface area contributed by atoms with Crippen molar-refractivity contribution in [2.45, 2.75) is 16.3 Å². The van der Waals surface area contributed by atoms with Gasteiger partial charge < -0.3 is 23.8 Å². The lowest BCUT2D eigenvalue weighted by molar-refractivity contribution is -0.116. The molecule has 1 N–H and O–H groups in total. The fourth-order valence-electron chi connectivity index (χ4n) is 2.94. The normalized spacial score (nSPS) is 16.4. The molecule has 0 radical (unpaired) electrons. The summed E-state index contributed by atoms with van der Waals surface area (Å²) in [6, 6.07) is 2.37. The van der Waals surface area contributed by atoms with Crippen LogP contribution in [0.3, 0.4) is 0 Å². The molecule has 1 fully saturated rings. The molecule has 9 nitrogen and oxygen atoms in total. The number of alkyl halides is 3. The Morgan fingerprint density at radius 2 is 1.80 bits per heavy atom. The Kier molecular flexibility index (Phi) is 8.42. The van der Waals surface area contributed by atoms with Gasteiger partial charge in [0.2, 0.25) is 3.79 Å². The number of ketones is 1. The predicted octanol–water partition coefficient (Wildman–Crippen LogP) is 3.05. The summed E-state index contributed by atoms with van der Waals surface area (Å²) in [4.78, 5) is 38.7. The zero-order chi connectivity index (χ0) is 22.5. The zero-order valence-electron chi connectivity index (χ0n) is 16.5. The fraction of sp³-hybridized carbons (Fsp3) is 0.500. The van der Waals surface area contributed by atoms with Crippen LogP contribution in [0.2, 0.25) is 0 Å². The molecule has 1 saturated heterocycles. The summed E-state index contributed by atoms with van der Waals surface area (Å²) in [6.07, 6.45) is -0.769. The van der Waals surface area contributed by atoms with Crippen LogP contribution in [0, 0.1) is 0 Å². The molecule has 2 amide bonds. The molecule has 1 atom stereocenters. The van der Waals surface area contributed by atoms with E-state index in [4.69, 9.17) is 53.8 Å². The molecule has 0 bridgehead atoms. The third-order valence-electron chi connectivity index (χ3n) is 4.23. The maximum absolute atomic E-state index is 13.2. The number of ether oxygens (including phenoxy) is 4. The molecule has 30 heavy (non-hydrogen) atoms. The second-order valence-corrected chi connectivity index (χ2v) is 8.87. The zero-order valence-corrected chi connectivity index (χ0v) is 18.8. The third kappa shape index (κ3) is 6.28. The van der Waals surface area contributed by atoms with Gasteiger partial charge in [0.05, 0.1) is 44.7 Å². The second kappa shape index (κ2) is 10.4. The summed E-state index contributed by atoms with van der Waals surface area (Å²) >= 11 is 16.7. The van der Waals surface area contributed by atoms with Crippen LogP contribution in [-0.2, 0) is 14.3 Å². The van der Waals surface area contributed by atoms with Crippen molar-refractivity contribution < 1.29 is 33.3 Å². The molecular weight excluding hydrogens is 463 g/mol. The van der Waals surface area contributed by atoms with Crippen LogP contribution in [0.4, 0.5) is 10.5 Å². The van der Waals surface area contributed by atoms with Gasteiger partial charge in [-0.15, -0.1) is 0 Å². The summed E-state index contributed by atoms with van der Waals surface area (Å²) in [5.41, 5.74) is 0.136. The van der Waals surface area contributed by atoms with Crippen LogP contribution in [0.25, 0.3) is 0 Å². The number of nitrogens with zero attached hydrogens (tertiary/aromatic N) is 1. The van der Waals surface area contributed by atoms with Gasteiger partial charge >= 0.3 is 6.09 Å². The molecule has 166 valence electrons. The van der Waals surface area contributed by atoms with E-state index in [9.17, 15) is 14.4 Å². The highest BCUT2D eigenvalue weighted by molar-refractivity contribution is 6.67. The number of hydrogen-bond acceptors (Lipinski definition) is 7. The lowest BCUT2D eigenvalue weighted by Gasteiger charge is -2.25. The summed E-state index contributed by atoms with van der Waals surface area (Å²) < 4.78 is 18.7. The molecule has 0 aliphatic carbocycles. The van der Waals surface area contributed by atoms with E-state index in [1.807, 2.05) is 0 Å². The highest BCUT2D eigenvalue weighted by atomic mass is 35.6. The van der Waals surface area contributed by atoms with E-state index < -0.39 is 28.4 Å². The van der Waals surface area contributed by atoms with Gasteiger partial charge in [0.25, 0.3) is 5.91 Å². The smallest absolute Gasteiger partial charge is 0.411 e. The number of rotatable bonds is 7. The first-order valence-corrected chi connectivity index (χ1v) is 9.81. The minimum absolute atomic E-state index is 0.0642. The van der Waals surface area contributed by atoms with Gasteiger partial charge in [-0.1, -0.05) is 34.8 Å². The Morgan fingerprint density at radius 1 is 1.17 bits per heavy atom. The van der Waals surface area contributed by atoms with Crippen molar-refractivity contribution in [1.82, 2.24) is 4.90 Å². The van der Waals surface area contributed by atoms with Gasteiger partial charge in [0.1, 0.15) is 6.61 Å². The first-order valence-electron chi connectivity index (χ1n) is 8.67. The molecule has 0 unspecified atom stereocenters. The number of likely N-dealkylation sites (tertiary alicyclic amines) is 1. The Balaban J connectivity index is 2.37. The molecule has 1 aromatic rings. The van der Waals surface area contributed by atoms with Crippen molar-refractivity contribution in [1.29, 1.82) is 0 Å². The van der Waals surface area contributed by atoms with Crippen LogP contribution in [0.15, 0.2) is 12.1 Å². The minimum atomic E-state index is -1.79. The summed E-state index contributed by atoms with van der Waals surface area (Å²) in [6.45, 7) is -0.381. The van der Waals surface area contributed by atoms with E-state index in [0.717, 1.165) is 0 Å². The Labute approximate surface area is 188 Å². The number of benzene rings is 1. The summed E-state index contributed by atoms with van der Waals surface area (Å²) in [7, 11) is 4.29. The first-order chi connectivity index (χ1) is 14.1. The lowest BCUT2D eigenvalue weighted by Crippen LogP contribution is -2.38. The van der Waals surface area contributed by atoms with Crippen LogP contribution in [0.1, 0.15) is 16.8 Å². The number of anilines is 1. The van der Waals surface area contributed by atoms with E-state index in [1.54, 1.807) is 0 Å². The molecule has 1 aromatic carbocycles. The number of halogens is 3. The van der Waals surface area contributed by atoms with Crippen molar-refractivity contribution in [2.75, 3.05) is 46.4 Å². The first kappa shape index (κ1) is 24.3.